The van der Waals surface area contributed by atoms with E-state index in [2.05, 4.69) is 154 Å². The number of allylic oxidation sites excluding steroid dienone is 22. The van der Waals surface area contributed by atoms with E-state index in [9.17, 15) is 14.4 Å². The minimum atomic E-state index is -0.790. The molecule has 6 heteroatoms. The van der Waals surface area contributed by atoms with Crippen LogP contribution in [-0.4, -0.2) is 37.2 Å². The molecule has 424 valence electrons. The number of carbonyl (C=O) groups excluding carboxylic acids is 3. The summed E-state index contributed by atoms with van der Waals surface area (Å²) >= 11 is 0. The van der Waals surface area contributed by atoms with Crippen molar-refractivity contribution in [1.29, 1.82) is 0 Å². The first-order valence-electron chi connectivity index (χ1n) is 30.7. The average Bonchev–Trinajstić information content (AvgIpc) is 3.41. The van der Waals surface area contributed by atoms with Crippen LogP contribution in [-0.2, 0) is 28.6 Å². The Balaban J connectivity index is 4.24. The normalized spacial score (nSPS) is 13.1. The van der Waals surface area contributed by atoms with Crippen molar-refractivity contribution >= 4 is 17.9 Å². The van der Waals surface area contributed by atoms with Gasteiger partial charge in [-0.05, 0) is 116 Å². The number of carbonyl (C=O) groups is 3. The summed E-state index contributed by atoms with van der Waals surface area (Å²) in [5.41, 5.74) is 0. The van der Waals surface area contributed by atoms with Gasteiger partial charge >= 0.3 is 17.9 Å². The Kier molecular flexibility index (Phi) is 58.4. The number of hydrogen-bond acceptors (Lipinski definition) is 6. The summed E-state index contributed by atoms with van der Waals surface area (Å²) in [6.07, 6.45) is 87.5. The second-order valence-electron chi connectivity index (χ2n) is 19.9. The highest BCUT2D eigenvalue weighted by molar-refractivity contribution is 5.71. The first-order chi connectivity index (χ1) is 37.0. The van der Waals surface area contributed by atoms with Gasteiger partial charge in [0.15, 0.2) is 6.10 Å². The van der Waals surface area contributed by atoms with Crippen molar-refractivity contribution in [3.05, 3.63) is 134 Å². The Hall–Kier alpha value is -4.45. The van der Waals surface area contributed by atoms with E-state index < -0.39 is 6.10 Å². The van der Waals surface area contributed by atoms with E-state index in [0.717, 1.165) is 148 Å². The molecule has 0 aliphatic heterocycles. The SMILES string of the molecule is CC/C=C\C/C=C\C/C=C\C/C=C\C/C=C\C/C=C\CCCCCCCCC(=O)OCC(COC(=O)CCCCCCCCC)OC(=O)CCCCCCCCCCC/C=C\C/C=C\C/C=C\C/C=C\C/C=C\CC. The van der Waals surface area contributed by atoms with E-state index in [4.69, 9.17) is 14.2 Å². The number of unbranched alkanes of at least 4 members (excludes halogenated alkanes) is 21. The molecule has 0 amide bonds. The minimum Gasteiger partial charge on any atom is -0.462 e. The molecule has 75 heavy (non-hydrogen) atoms. The number of esters is 3. The predicted octanol–water partition coefficient (Wildman–Crippen LogP) is 21.0. The van der Waals surface area contributed by atoms with Crippen LogP contribution in [0.25, 0.3) is 0 Å². The van der Waals surface area contributed by atoms with Crippen molar-refractivity contribution in [2.75, 3.05) is 13.2 Å². The lowest BCUT2D eigenvalue weighted by atomic mass is 10.1. The topological polar surface area (TPSA) is 78.9 Å². The van der Waals surface area contributed by atoms with Crippen molar-refractivity contribution in [1.82, 2.24) is 0 Å². The van der Waals surface area contributed by atoms with E-state index in [0.29, 0.717) is 19.3 Å². The Labute approximate surface area is 462 Å². The first kappa shape index (κ1) is 70.5. The van der Waals surface area contributed by atoms with Gasteiger partial charge in [-0.15, -0.1) is 0 Å². The lowest BCUT2D eigenvalue weighted by Crippen LogP contribution is -2.30. The van der Waals surface area contributed by atoms with Crippen LogP contribution < -0.4 is 0 Å². The first-order valence-corrected chi connectivity index (χ1v) is 30.7. The van der Waals surface area contributed by atoms with Crippen molar-refractivity contribution in [2.24, 2.45) is 0 Å². The maximum atomic E-state index is 12.9. The molecule has 1 atom stereocenters. The highest BCUT2D eigenvalue weighted by Gasteiger charge is 2.19. The lowest BCUT2D eigenvalue weighted by molar-refractivity contribution is -0.167. The van der Waals surface area contributed by atoms with E-state index in [1.54, 1.807) is 0 Å². The van der Waals surface area contributed by atoms with Gasteiger partial charge in [-0.1, -0.05) is 264 Å². The largest absolute Gasteiger partial charge is 0.462 e. The monoisotopic (exact) mass is 1040 g/mol. The van der Waals surface area contributed by atoms with Crippen LogP contribution in [0.4, 0.5) is 0 Å². The minimum absolute atomic E-state index is 0.0881. The second-order valence-corrected chi connectivity index (χ2v) is 19.9. The maximum absolute atomic E-state index is 12.9. The van der Waals surface area contributed by atoms with E-state index in [1.165, 1.54) is 77.0 Å². The average molecular weight is 1040 g/mol. The number of rotatable bonds is 54. The molecule has 0 aliphatic carbocycles. The van der Waals surface area contributed by atoms with Gasteiger partial charge in [0.25, 0.3) is 0 Å². The fourth-order valence-electron chi connectivity index (χ4n) is 8.12. The molecule has 0 fully saturated rings. The predicted molar refractivity (Wildman–Crippen MR) is 325 cm³/mol. The standard InChI is InChI=1S/C69H112O6/c1-4-7-10-13-16-18-20-22-24-26-28-30-32-34-36-38-40-42-44-46-48-50-53-56-59-62-68(71)74-65-66(64-73-67(70)61-58-55-52-15-12-9-6-3)75-69(72)63-60-57-54-51-49-47-45-43-41-39-37-35-33-31-29-27-25-23-21-19-17-14-11-8-5-2/h7-8,10-11,16-19,22-25,28-31,34-37,40,42,66H,4-6,9,12-15,20-21,26-27,32-33,38-39,41,43-65H2,1-3H3/b10-7-,11-8-,18-16-,19-17-,24-22-,25-23-,30-28-,31-29-,36-34-,37-35-,42-40-. The van der Waals surface area contributed by atoms with Crippen LogP contribution in [0.3, 0.4) is 0 Å². The Morgan fingerprint density at radius 1 is 0.280 bits per heavy atom. The molecule has 0 heterocycles. The van der Waals surface area contributed by atoms with Crippen LogP contribution in [0.2, 0.25) is 0 Å². The van der Waals surface area contributed by atoms with Gasteiger partial charge in [0.05, 0.1) is 0 Å². The highest BCUT2D eigenvalue weighted by Crippen LogP contribution is 2.15. The van der Waals surface area contributed by atoms with Gasteiger partial charge in [0.2, 0.25) is 0 Å². The molecule has 0 aromatic rings. The Morgan fingerprint density at radius 2 is 0.520 bits per heavy atom. The summed E-state index contributed by atoms with van der Waals surface area (Å²) in [6.45, 7) is 6.35. The van der Waals surface area contributed by atoms with Crippen molar-refractivity contribution in [3.63, 3.8) is 0 Å². The molecule has 0 saturated heterocycles. The molecule has 0 aromatic carbocycles. The zero-order valence-electron chi connectivity index (χ0n) is 48.5. The van der Waals surface area contributed by atoms with Gasteiger partial charge < -0.3 is 14.2 Å². The van der Waals surface area contributed by atoms with Crippen LogP contribution in [0, 0.1) is 0 Å². The number of ether oxygens (including phenoxy) is 3. The molecule has 6 nitrogen and oxygen atoms in total. The van der Waals surface area contributed by atoms with Gasteiger partial charge in [-0.3, -0.25) is 14.4 Å². The highest BCUT2D eigenvalue weighted by atomic mass is 16.6. The van der Waals surface area contributed by atoms with Crippen LogP contribution in [0.1, 0.15) is 265 Å². The summed E-state index contributed by atoms with van der Waals surface area (Å²) in [6, 6.07) is 0. The Bertz CT molecular complexity index is 1620. The van der Waals surface area contributed by atoms with Gasteiger partial charge in [0.1, 0.15) is 13.2 Å². The van der Waals surface area contributed by atoms with E-state index >= 15 is 0 Å². The van der Waals surface area contributed by atoms with E-state index in [1.807, 2.05) is 0 Å². The quantitative estimate of drug-likeness (QED) is 0.0261. The summed E-state index contributed by atoms with van der Waals surface area (Å²) in [4.78, 5) is 38.1. The van der Waals surface area contributed by atoms with Crippen molar-refractivity contribution < 1.29 is 28.6 Å². The fraction of sp³-hybridized carbons (Fsp3) is 0.638. The smallest absolute Gasteiger partial charge is 0.306 e. The molecule has 0 spiro atoms. The molecule has 0 saturated carbocycles. The molecular formula is C69H112O6. The third kappa shape index (κ3) is 60.3. The van der Waals surface area contributed by atoms with Gasteiger partial charge in [-0.25, -0.2) is 0 Å². The van der Waals surface area contributed by atoms with Gasteiger partial charge in [-0.2, -0.15) is 0 Å². The van der Waals surface area contributed by atoms with E-state index in [-0.39, 0.29) is 31.1 Å². The zero-order chi connectivity index (χ0) is 54.3. The van der Waals surface area contributed by atoms with Crippen LogP contribution in [0.15, 0.2) is 134 Å². The number of hydrogen-bond donors (Lipinski definition) is 0. The van der Waals surface area contributed by atoms with Crippen molar-refractivity contribution in [3.8, 4) is 0 Å². The second kappa shape index (κ2) is 62.1. The van der Waals surface area contributed by atoms with Crippen LogP contribution in [0.5, 0.6) is 0 Å². The third-order valence-corrected chi connectivity index (χ3v) is 12.7. The molecule has 0 rings (SSSR count). The fourth-order valence-corrected chi connectivity index (χ4v) is 8.12. The molecule has 0 N–H and O–H groups in total. The van der Waals surface area contributed by atoms with Crippen LogP contribution >= 0.6 is 0 Å². The van der Waals surface area contributed by atoms with Crippen molar-refractivity contribution in [2.45, 2.75) is 271 Å². The molecule has 1 unspecified atom stereocenters. The summed E-state index contributed by atoms with van der Waals surface area (Å²) in [5.74, 6) is -0.917. The maximum Gasteiger partial charge on any atom is 0.306 e. The summed E-state index contributed by atoms with van der Waals surface area (Å²) < 4.78 is 16.8. The molecular weight excluding hydrogens is 925 g/mol. The lowest BCUT2D eigenvalue weighted by Gasteiger charge is -2.18. The van der Waals surface area contributed by atoms with Gasteiger partial charge in [0, 0.05) is 19.3 Å². The zero-order valence-corrected chi connectivity index (χ0v) is 48.5. The summed E-state index contributed by atoms with van der Waals surface area (Å²) in [5, 5.41) is 0. The molecule has 0 radical (unpaired) electrons. The third-order valence-electron chi connectivity index (χ3n) is 12.7. The molecule has 0 bridgehead atoms. The molecule has 0 aromatic heterocycles. The summed E-state index contributed by atoms with van der Waals surface area (Å²) in [7, 11) is 0. The Morgan fingerprint density at radius 3 is 0.813 bits per heavy atom. The molecule has 0 aliphatic rings.